The number of amides is 1. The van der Waals surface area contributed by atoms with Crippen molar-refractivity contribution >= 4 is 5.91 Å². The average Bonchev–Trinajstić information content (AvgIpc) is 2.80. The van der Waals surface area contributed by atoms with Crippen LogP contribution >= 0.6 is 0 Å². The lowest BCUT2D eigenvalue weighted by molar-refractivity contribution is -0.123. The van der Waals surface area contributed by atoms with Crippen molar-refractivity contribution in [3.05, 3.63) is 35.9 Å². The third-order valence-corrected chi connectivity index (χ3v) is 4.17. The monoisotopic (exact) mass is 277 g/mol. The fourth-order valence-corrected chi connectivity index (χ4v) is 2.98. The highest BCUT2D eigenvalue weighted by Gasteiger charge is 2.34. The van der Waals surface area contributed by atoms with Crippen LogP contribution in [0.4, 0.5) is 0 Å². The quantitative estimate of drug-likeness (QED) is 0.762. The lowest BCUT2D eigenvalue weighted by atomic mass is 9.95. The molecule has 1 saturated carbocycles. The summed E-state index contributed by atoms with van der Waals surface area (Å²) in [6.07, 6.45) is 1.41. The van der Waals surface area contributed by atoms with Gasteiger partial charge in [-0.25, -0.2) is 0 Å². The van der Waals surface area contributed by atoms with E-state index in [1.165, 1.54) is 0 Å². The van der Waals surface area contributed by atoms with Crippen LogP contribution in [-0.4, -0.2) is 34.9 Å². The number of carbonyl (C=O) groups is 1. The van der Waals surface area contributed by atoms with Gasteiger partial charge in [0.1, 0.15) is 0 Å². The summed E-state index contributed by atoms with van der Waals surface area (Å²) in [6.45, 7) is 1.97. The van der Waals surface area contributed by atoms with Crippen molar-refractivity contribution in [2.24, 2.45) is 5.92 Å². The van der Waals surface area contributed by atoms with E-state index < -0.39 is 6.10 Å². The van der Waals surface area contributed by atoms with Crippen LogP contribution < -0.4 is 5.32 Å². The summed E-state index contributed by atoms with van der Waals surface area (Å²) < 4.78 is 0. The molecule has 0 aromatic heterocycles. The predicted octanol–water partition coefficient (Wildman–Crippen LogP) is 1.43. The SMILES string of the molecule is CC[C@H](C(=O)N[C@H]1C[C@@H](CO)[C@H](O)C1)c1ccccc1. The molecule has 2 rings (SSSR count). The molecule has 1 aromatic rings. The van der Waals surface area contributed by atoms with E-state index in [1.807, 2.05) is 37.3 Å². The van der Waals surface area contributed by atoms with Crippen LogP contribution in [0.1, 0.15) is 37.7 Å². The second-order valence-corrected chi connectivity index (χ2v) is 5.56. The van der Waals surface area contributed by atoms with Crippen LogP contribution in [0.25, 0.3) is 0 Å². The number of carbonyl (C=O) groups excluding carboxylic acids is 1. The number of rotatable bonds is 5. The number of hydrogen-bond donors (Lipinski definition) is 3. The molecule has 0 saturated heterocycles. The largest absolute Gasteiger partial charge is 0.396 e. The van der Waals surface area contributed by atoms with Crippen molar-refractivity contribution in [1.82, 2.24) is 5.32 Å². The van der Waals surface area contributed by atoms with Gasteiger partial charge in [0.25, 0.3) is 0 Å². The second kappa shape index (κ2) is 6.86. The van der Waals surface area contributed by atoms with E-state index in [-0.39, 0.29) is 30.4 Å². The number of aliphatic hydroxyl groups is 2. The van der Waals surface area contributed by atoms with E-state index in [0.29, 0.717) is 12.8 Å². The van der Waals surface area contributed by atoms with Crippen molar-refractivity contribution in [1.29, 1.82) is 0 Å². The summed E-state index contributed by atoms with van der Waals surface area (Å²) in [6, 6.07) is 9.71. The van der Waals surface area contributed by atoms with Gasteiger partial charge < -0.3 is 15.5 Å². The van der Waals surface area contributed by atoms with Gasteiger partial charge in [0, 0.05) is 18.6 Å². The summed E-state index contributed by atoms with van der Waals surface area (Å²) in [5.74, 6) is -0.256. The molecule has 110 valence electrons. The van der Waals surface area contributed by atoms with Gasteiger partial charge in [0.05, 0.1) is 12.0 Å². The zero-order valence-electron chi connectivity index (χ0n) is 11.8. The topological polar surface area (TPSA) is 69.6 Å². The Morgan fingerprint density at radius 3 is 2.60 bits per heavy atom. The van der Waals surface area contributed by atoms with Crippen LogP contribution in [0.5, 0.6) is 0 Å². The summed E-state index contributed by atoms with van der Waals surface area (Å²) in [7, 11) is 0. The number of nitrogens with one attached hydrogen (secondary N) is 1. The Morgan fingerprint density at radius 2 is 2.05 bits per heavy atom. The van der Waals surface area contributed by atoms with E-state index >= 15 is 0 Å². The van der Waals surface area contributed by atoms with Gasteiger partial charge in [0.15, 0.2) is 0 Å². The Balaban J connectivity index is 1.97. The van der Waals surface area contributed by atoms with Crippen molar-refractivity contribution in [3.63, 3.8) is 0 Å². The molecule has 1 fully saturated rings. The fourth-order valence-electron chi connectivity index (χ4n) is 2.98. The van der Waals surface area contributed by atoms with Crippen molar-refractivity contribution in [2.75, 3.05) is 6.61 Å². The van der Waals surface area contributed by atoms with Gasteiger partial charge in [-0.15, -0.1) is 0 Å². The minimum atomic E-state index is -0.512. The summed E-state index contributed by atoms with van der Waals surface area (Å²) in [5.41, 5.74) is 1.02. The molecule has 20 heavy (non-hydrogen) atoms. The van der Waals surface area contributed by atoms with E-state index in [9.17, 15) is 9.90 Å². The highest BCUT2D eigenvalue weighted by molar-refractivity contribution is 5.83. The Bertz CT molecular complexity index is 435. The predicted molar refractivity (Wildman–Crippen MR) is 77.2 cm³/mol. The van der Waals surface area contributed by atoms with Gasteiger partial charge in [0.2, 0.25) is 5.91 Å². The molecule has 0 unspecified atom stereocenters. The van der Waals surface area contributed by atoms with Gasteiger partial charge in [-0.2, -0.15) is 0 Å². The summed E-state index contributed by atoms with van der Waals surface area (Å²) >= 11 is 0. The Kier molecular flexibility index (Phi) is 5.15. The number of aliphatic hydroxyl groups excluding tert-OH is 2. The van der Waals surface area contributed by atoms with E-state index in [1.54, 1.807) is 0 Å². The van der Waals surface area contributed by atoms with Crippen LogP contribution in [0, 0.1) is 5.92 Å². The van der Waals surface area contributed by atoms with E-state index in [2.05, 4.69) is 5.32 Å². The minimum absolute atomic E-state index is 0.00879. The molecule has 0 aliphatic heterocycles. The number of benzene rings is 1. The van der Waals surface area contributed by atoms with E-state index in [0.717, 1.165) is 12.0 Å². The molecular formula is C16H23NO3. The molecule has 0 bridgehead atoms. The van der Waals surface area contributed by atoms with Crippen LogP contribution in [0.3, 0.4) is 0 Å². The molecule has 1 aliphatic rings. The first kappa shape index (κ1) is 15.0. The third kappa shape index (κ3) is 3.38. The molecule has 3 N–H and O–H groups in total. The first-order valence-electron chi connectivity index (χ1n) is 7.30. The molecule has 0 heterocycles. The first-order chi connectivity index (χ1) is 9.65. The third-order valence-electron chi connectivity index (χ3n) is 4.17. The van der Waals surface area contributed by atoms with Gasteiger partial charge >= 0.3 is 0 Å². The van der Waals surface area contributed by atoms with Crippen molar-refractivity contribution in [3.8, 4) is 0 Å². The molecule has 1 aromatic carbocycles. The Hall–Kier alpha value is -1.39. The zero-order valence-corrected chi connectivity index (χ0v) is 11.8. The molecule has 0 radical (unpaired) electrons. The highest BCUT2D eigenvalue weighted by atomic mass is 16.3. The maximum atomic E-state index is 12.4. The van der Waals surface area contributed by atoms with E-state index in [4.69, 9.17) is 5.11 Å². The maximum absolute atomic E-state index is 12.4. The first-order valence-corrected chi connectivity index (χ1v) is 7.30. The molecular weight excluding hydrogens is 254 g/mol. The summed E-state index contributed by atoms with van der Waals surface area (Å²) in [4.78, 5) is 12.4. The van der Waals surface area contributed by atoms with Crippen LogP contribution in [-0.2, 0) is 4.79 Å². The summed E-state index contributed by atoms with van der Waals surface area (Å²) in [5, 5.41) is 21.9. The Morgan fingerprint density at radius 1 is 1.35 bits per heavy atom. The molecule has 1 amide bonds. The van der Waals surface area contributed by atoms with Crippen LogP contribution in [0.15, 0.2) is 30.3 Å². The van der Waals surface area contributed by atoms with Gasteiger partial charge in [-0.1, -0.05) is 37.3 Å². The fraction of sp³-hybridized carbons (Fsp3) is 0.562. The van der Waals surface area contributed by atoms with Crippen LogP contribution in [0.2, 0.25) is 0 Å². The molecule has 4 heteroatoms. The van der Waals surface area contributed by atoms with Crippen molar-refractivity contribution in [2.45, 2.75) is 44.2 Å². The standard InChI is InChI=1S/C16H23NO3/c1-2-14(11-6-4-3-5-7-11)16(20)17-13-8-12(10-18)15(19)9-13/h3-7,12-15,18-19H,2,8-10H2,1H3,(H,17,20)/t12-,13-,14-,15+/m0/s1. The maximum Gasteiger partial charge on any atom is 0.227 e. The molecule has 1 aliphatic carbocycles. The zero-order chi connectivity index (χ0) is 14.5. The minimum Gasteiger partial charge on any atom is -0.396 e. The van der Waals surface area contributed by atoms with Crippen molar-refractivity contribution < 1.29 is 15.0 Å². The number of hydrogen-bond acceptors (Lipinski definition) is 3. The normalized spacial score (nSPS) is 27.2. The smallest absolute Gasteiger partial charge is 0.227 e. The van der Waals surface area contributed by atoms with Gasteiger partial charge in [-0.3, -0.25) is 4.79 Å². The lowest BCUT2D eigenvalue weighted by Gasteiger charge is -2.19. The highest BCUT2D eigenvalue weighted by Crippen LogP contribution is 2.27. The molecule has 0 spiro atoms. The Labute approximate surface area is 119 Å². The average molecular weight is 277 g/mol. The molecule has 4 nitrogen and oxygen atoms in total. The lowest BCUT2D eigenvalue weighted by Crippen LogP contribution is -2.36. The van der Waals surface area contributed by atoms with Gasteiger partial charge in [-0.05, 0) is 24.8 Å². The second-order valence-electron chi connectivity index (χ2n) is 5.56. The molecule has 4 atom stereocenters.